The summed E-state index contributed by atoms with van der Waals surface area (Å²) in [5.74, 6) is -0.149. The molecule has 1 aliphatic heterocycles. The van der Waals surface area contributed by atoms with Crippen molar-refractivity contribution < 1.29 is 9.59 Å². The van der Waals surface area contributed by atoms with Crippen LogP contribution < -0.4 is 4.90 Å². The molecule has 5 heteroatoms. The highest BCUT2D eigenvalue weighted by Crippen LogP contribution is 2.44. The second kappa shape index (κ2) is 5.05. The van der Waals surface area contributed by atoms with Crippen molar-refractivity contribution in [1.82, 2.24) is 0 Å². The number of anilines is 1. The molecule has 0 spiro atoms. The molecule has 106 valence electrons. The Hall–Kier alpha value is -1.06. The number of hydrogen-bond acceptors (Lipinski definition) is 2. The largest absolute Gasteiger partial charge is 0.274 e. The van der Waals surface area contributed by atoms with Gasteiger partial charge in [0.05, 0.1) is 27.6 Å². The van der Waals surface area contributed by atoms with E-state index in [4.69, 9.17) is 23.2 Å². The number of imide groups is 1. The van der Waals surface area contributed by atoms with Crippen molar-refractivity contribution in [3.8, 4) is 0 Å². The van der Waals surface area contributed by atoms with Crippen LogP contribution in [0, 0.1) is 17.8 Å². The highest BCUT2D eigenvalue weighted by Gasteiger charge is 2.50. The lowest BCUT2D eigenvalue weighted by Gasteiger charge is -2.25. The number of nitrogens with zero attached hydrogens (tertiary/aromatic N) is 1. The monoisotopic (exact) mass is 311 g/mol. The van der Waals surface area contributed by atoms with Crippen molar-refractivity contribution in [2.45, 2.75) is 26.2 Å². The van der Waals surface area contributed by atoms with Gasteiger partial charge in [-0.05, 0) is 37.3 Å². The van der Waals surface area contributed by atoms with Gasteiger partial charge in [0.2, 0.25) is 11.8 Å². The molecule has 2 fully saturated rings. The fraction of sp³-hybridized carbons (Fsp3) is 0.467. The Morgan fingerprint density at radius 3 is 2.55 bits per heavy atom. The van der Waals surface area contributed by atoms with Gasteiger partial charge in [-0.25, -0.2) is 4.90 Å². The van der Waals surface area contributed by atoms with Gasteiger partial charge in [-0.2, -0.15) is 0 Å². The van der Waals surface area contributed by atoms with E-state index in [0.717, 1.165) is 19.3 Å². The van der Waals surface area contributed by atoms with Crippen molar-refractivity contribution in [2.24, 2.45) is 17.8 Å². The Balaban J connectivity index is 2.00. The van der Waals surface area contributed by atoms with Crippen molar-refractivity contribution in [2.75, 3.05) is 4.90 Å². The van der Waals surface area contributed by atoms with Crippen LogP contribution >= 0.6 is 23.2 Å². The van der Waals surface area contributed by atoms with E-state index in [1.807, 2.05) is 0 Å². The minimum absolute atomic E-state index is 0.129. The van der Waals surface area contributed by atoms with Crippen molar-refractivity contribution in [3.05, 3.63) is 28.2 Å². The zero-order valence-electron chi connectivity index (χ0n) is 11.1. The highest BCUT2D eigenvalue weighted by atomic mass is 35.5. The highest BCUT2D eigenvalue weighted by molar-refractivity contribution is 6.44. The number of fused-ring (bicyclic) bond motifs is 1. The van der Waals surface area contributed by atoms with E-state index in [9.17, 15) is 9.59 Å². The number of carbonyl (C=O) groups excluding carboxylic acids is 2. The van der Waals surface area contributed by atoms with Crippen LogP contribution in [0.1, 0.15) is 26.2 Å². The third kappa shape index (κ3) is 2.04. The van der Waals surface area contributed by atoms with E-state index < -0.39 is 0 Å². The van der Waals surface area contributed by atoms with E-state index in [0.29, 0.717) is 16.6 Å². The smallest absolute Gasteiger partial charge is 0.237 e. The summed E-state index contributed by atoms with van der Waals surface area (Å²) in [4.78, 5) is 26.3. The van der Waals surface area contributed by atoms with Crippen LogP contribution in [-0.4, -0.2) is 11.8 Å². The van der Waals surface area contributed by atoms with E-state index in [1.54, 1.807) is 18.2 Å². The second-order valence-corrected chi connectivity index (χ2v) is 6.50. The van der Waals surface area contributed by atoms with E-state index in [1.165, 1.54) is 4.90 Å². The molecule has 1 heterocycles. The van der Waals surface area contributed by atoms with Crippen LogP contribution in [0.2, 0.25) is 10.0 Å². The summed E-state index contributed by atoms with van der Waals surface area (Å²) in [5.41, 5.74) is 0.413. The van der Waals surface area contributed by atoms with Gasteiger partial charge in [-0.15, -0.1) is 0 Å². The van der Waals surface area contributed by atoms with Gasteiger partial charge in [0.25, 0.3) is 0 Å². The normalized spacial score (nSPS) is 29.8. The molecule has 2 amide bonds. The van der Waals surface area contributed by atoms with Gasteiger partial charge in [0.1, 0.15) is 0 Å². The van der Waals surface area contributed by atoms with Crippen LogP contribution in [-0.2, 0) is 9.59 Å². The molecule has 0 aromatic heterocycles. The minimum atomic E-state index is -0.193. The molecule has 1 aromatic rings. The van der Waals surface area contributed by atoms with Crippen LogP contribution in [0.3, 0.4) is 0 Å². The fourth-order valence-corrected chi connectivity index (χ4v) is 3.67. The summed E-state index contributed by atoms with van der Waals surface area (Å²) in [6.07, 6.45) is 2.56. The fourth-order valence-electron chi connectivity index (χ4n) is 3.29. The minimum Gasteiger partial charge on any atom is -0.274 e. The lowest BCUT2D eigenvalue weighted by Crippen LogP contribution is -2.31. The van der Waals surface area contributed by atoms with Gasteiger partial charge < -0.3 is 0 Å². The molecule has 0 radical (unpaired) electrons. The topological polar surface area (TPSA) is 37.4 Å². The van der Waals surface area contributed by atoms with E-state index >= 15 is 0 Å². The molecule has 1 saturated carbocycles. The number of rotatable bonds is 1. The molecule has 20 heavy (non-hydrogen) atoms. The molecule has 1 aromatic carbocycles. The van der Waals surface area contributed by atoms with Gasteiger partial charge in [0, 0.05) is 0 Å². The van der Waals surface area contributed by atoms with Crippen LogP contribution in [0.4, 0.5) is 5.69 Å². The maximum Gasteiger partial charge on any atom is 0.237 e. The Bertz CT molecular complexity index is 587. The summed E-state index contributed by atoms with van der Waals surface area (Å²) in [6, 6.07) is 5.02. The zero-order valence-corrected chi connectivity index (χ0v) is 12.6. The van der Waals surface area contributed by atoms with Crippen LogP contribution in [0.25, 0.3) is 0 Å². The molecule has 3 atom stereocenters. The molecule has 1 aliphatic carbocycles. The third-order valence-corrected chi connectivity index (χ3v) is 5.17. The quantitative estimate of drug-likeness (QED) is 0.737. The summed E-state index contributed by atoms with van der Waals surface area (Å²) in [7, 11) is 0. The number of halogens is 2. The predicted octanol–water partition coefficient (Wildman–Crippen LogP) is 3.92. The first kappa shape index (κ1) is 13.9. The number of amides is 2. The summed E-state index contributed by atoms with van der Waals surface area (Å²) in [5, 5.41) is 0.621. The maximum absolute atomic E-state index is 12.6. The van der Waals surface area contributed by atoms with Crippen molar-refractivity contribution >= 4 is 40.7 Å². The number of carbonyl (C=O) groups is 2. The lowest BCUT2D eigenvalue weighted by atomic mass is 9.76. The molecule has 3 rings (SSSR count). The Labute approximate surface area is 127 Å². The molecular formula is C15H15Cl2NO2. The van der Waals surface area contributed by atoms with Crippen LogP contribution in [0.15, 0.2) is 18.2 Å². The molecule has 3 nitrogen and oxygen atoms in total. The first-order valence-electron chi connectivity index (χ1n) is 6.82. The third-order valence-electron chi connectivity index (χ3n) is 4.36. The van der Waals surface area contributed by atoms with E-state index in [-0.39, 0.29) is 28.7 Å². The van der Waals surface area contributed by atoms with E-state index in [2.05, 4.69) is 6.92 Å². The summed E-state index contributed by atoms with van der Waals surface area (Å²) < 4.78 is 0. The molecule has 0 bridgehead atoms. The maximum atomic E-state index is 12.6. The zero-order chi connectivity index (χ0) is 14.4. The molecule has 0 unspecified atom stereocenters. The van der Waals surface area contributed by atoms with Crippen LogP contribution in [0.5, 0.6) is 0 Å². The van der Waals surface area contributed by atoms with Crippen molar-refractivity contribution in [1.29, 1.82) is 0 Å². The Morgan fingerprint density at radius 1 is 1.10 bits per heavy atom. The number of benzene rings is 1. The first-order chi connectivity index (χ1) is 9.50. The lowest BCUT2D eigenvalue weighted by molar-refractivity contribution is -0.122. The predicted molar refractivity (Wildman–Crippen MR) is 79.0 cm³/mol. The van der Waals surface area contributed by atoms with Crippen molar-refractivity contribution in [3.63, 3.8) is 0 Å². The van der Waals surface area contributed by atoms with Gasteiger partial charge in [-0.3, -0.25) is 9.59 Å². The second-order valence-electron chi connectivity index (χ2n) is 5.72. The first-order valence-corrected chi connectivity index (χ1v) is 7.58. The number of hydrogen-bond donors (Lipinski definition) is 0. The average molecular weight is 312 g/mol. The summed E-state index contributed by atoms with van der Waals surface area (Å²) in [6.45, 7) is 2.13. The molecule has 1 saturated heterocycles. The van der Waals surface area contributed by atoms with Gasteiger partial charge >= 0.3 is 0 Å². The van der Waals surface area contributed by atoms with Gasteiger partial charge in [-0.1, -0.05) is 36.2 Å². The average Bonchev–Trinajstić information content (AvgIpc) is 2.65. The molecule has 2 aliphatic rings. The molecule has 0 N–H and O–H groups in total. The standard InChI is InChI=1S/C15H15Cl2NO2/c1-8-5-6-9-10(7-8)15(20)18(14(9)19)12-4-2-3-11(16)13(12)17/h2-4,8-10H,5-7H2,1H3/t8-,9-,10+/m1/s1. The SMILES string of the molecule is C[C@@H]1CC[C@H]2C(=O)N(c3cccc(Cl)c3Cl)C(=O)[C@H]2C1. The summed E-state index contributed by atoms with van der Waals surface area (Å²) >= 11 is 12.1. The molecular weight excluding hydrogens is 297 g/mol. The Morgan fingerprint density at radius 2 is 1.80 bits per heavy atom. The Kier molecular flexibility index (Phi) is 3.51. The van der Waals surface area contributed by atoms with Gasteiger partial charge in [0.15, 0.2) is 0 Å².